The van der Waals surface area contributed by atoms with E-state index in [0.717, 1.165) is 12.8 Å². The van der Waals surface area contributed by atoms with Crippen LogP contribution in [0, 0.1) is 0 Å². The summed E-state index contributed by atoms with van der Waals surface area (Å²) >= 11 is 6.00. The van der Waals surface area contributed by atoms with Crippen molar-refractivity contribution in [2.45, 2.75) is 23.1 Å². The lowest BCUT2D eigenvalue weighted by molar-refractivity contribution is 0.350. The number of hydrogen-bond donors (Lipinski definition) is 0. The number of nitrogens with zero attached hydrogens (tertiary/aromatic N) is 1. The quantitative estimate of drug-likeness (QED) is 0.763. The van der Waals surface area contributed by atoms with Crippen LogP contribution in [0.4, 0.5) is 0 Å². The molecule has 0 aromatic heterocycles. The fourth-order valence-electron chi connectivity index (χ4n) is 1.85. The van der Waals surface area contributed by atoms with Crippen LogP contribution in [0.5, 0.6) is 0 Å². The molecule has 0 aliphatic carbocycles. The van der Waals surface area contributed by atoms with E-state index in [1.807, 2.05) is 0 Å². The van der Waals surface area contributed by atoms with Gasteiger partial charge in [-0.05, 0) is 25.0 Å². The third-order valence-electron chi connectivity index (χ3n) is 2.71. The summed E-state index contributed by atoms with van der Waals surface area (Å²) in [6, 6.07) is 8.50. The first-order valence-electron chi connectivity index (χ1n) is 5.30. The second-order valence-corrected chi connectivity index (χ2v) is 6.47. The summed E-state index contributed by atoms with van der Waals surface area (Å²) in [6.07, 6.45) is 1.72. The molecule has 1 saturated heterocycles. The summed E-state index contributed by atoms with van der Waals surface area (Å²) < 4.78 is 25.9. The maximum Gasteiger partial charge on any atom is 0.243 e. The Hall–Kier alpha value is -0.580. The Morgan fingerprint density at radius 2 is 1.94 bits per heavy atom. The van der Waals surface area contributed by atoms with Crippen LogP contribution in [0.15, 0.2) is 35.2 Å². The number of alkyl halides is 1. The molecule has 0 N–H and O–H groups in total. The topological polar surface area (TPSA) is 37.4 Å². The number of halogens is 1. The molecule has 1 atom stereocenters. The standard InChI is InChI=1S/C11H14ClNO2S/c12-10-5-4-8-13(9-10)16(14,15)11-6-2-1-3-7-11/h1-3,6-7,10H,4-5,8-9H2. The van der Waals surface area contributed by atoms with Gasteiger partial charge in [-0.1, -0.05) is 18.2 Å². The van der Waals surface area contributed by atoms with Crippen molar-refractivity contribution in [2.75, 3.05) is 13.1 Å². The predicted octanol–water partition coefficient (Wildman–Crippen LogP) is 2.08. The van der Waals surface area contributed by atoms with E-state index in [1.54, 1.807) is 30.3 Å². The van der Waals surface area contributed by atoms with Gasteiger partial charge in [0, 0.05) is 18.5 Å². The largest absolute Gasteiger partial charge is 0.243 e. The first-order valence-corrected chi connectivity index (χ1v) is 7.17. The first-order chi connectivity index (χ1) is 7.60. The molecule has 1 aromatic rings. The van der Waals surface area contributed by atoms with Crippen molar-refractivity contribution >= 4 is 21.6 Å². The fourth-order valence-corrected chi connectivity index (χ4v) is 3.80. The molecule has 1 aliphatic rings. The Bertz CT molecular complexity index is 446. The van der Waals surface area contributed by atoms with Gasteiger partial charge < -0.3 is 0 Å². The van der Waals surface area contributed by atoms with Gasteiger partial charge in [0.2, 0.25) is 10.0 Å². The lowest BCUT2D eigenvalue weighted by atomic mass is 10.2. The summed E-state index contributed by atoms with van der Waals surface area (Å²) in [5, 5.41) is -0.0627. The lowest BCUT2D eigenvalue weighted by Gasteiger charge is -2.28. The minimum Gasteiger partial charge on any atom is -0.207 e. The summed E-state index contributed by atoms with van der Waals surface area (Å²) in [5.41, 5.74) is 0. The van der Waals surface area contributed by atoms with Crippen LogP contribution in [0.25, 0.3) is 0 Å². The SMILES string of the molecule is O=S(=O)(c1ccccc1)N1CCCC(Cl)C1. The zero-order valence-corrected chi connectivity index (χ0v) is 10.4. The molecule has 0 spiro atoms. The summed E-state index contributed by atoms with van der Waals surface area (Å²) in [7, 11) is -3.35. The van der Waals surface area contributed by atoms with Gasteiger partial charge in [0.25, 0.3) is 0 Å². The molecule has 0 bridgehead atoms. The van der Waals surface area contributed by atoms with Crippen LogP contribution in [0.3, 0.4) is 0 Å². The molecule has 0 amide bonds. The number of hydrogen-bond acceptors (Lipinski definition) is 2. The van der Waals surface area contributed by atoms with E-state index in [4.69, 9.17) is 11.6 Å². The number of benzene rings is 1. The zero-order valence-electron chi connectivity index (χ0n) is 8.84. The van der Waals surface area contributed by atoms with Crippen molar-refractivity contribution < 1.29 is 8.42 Å². The molecular weight excluding hydrogens is 246 g/mol. The summed E-state index contributed by atoms with van der Waals surface area (Å²) in [6.45, 7) is 0.985. The van der Waals surface area contributed by atoms with Crippen molar-refractivity contribution in [2.24, 2.45) is 0 Å². The number of sulfonamides is 1. The zero-order chi connectivity index (χ0) is 11.6. The molecule has 1 fully saturated rings. The van der Waals surface area contributed by atoms with Crippen molar-refractivity contribution in [3.8, 4) is 0 Å². The van der Waals surface area contributed by atoms with E-state index in [2.05, 4.69) is 0 Å². The second kappa shape index (κ2) is 4.73. The fraction of sp³-hybridized carbons (Fsp3) is 0.455. The molecule has 3 nitrogen and oxygen atoms in total. The highest BCUT2D eigenvalue weighted by Crippen LogP contribution is 2.22. The van der Waals surface area contributed by atoms with Crippen LogP contribution < -0.4 is 0 Å². The van der Waals surface area contributed by atoms with Crippen molar-refractivity contribution in [1.82, 2.24) is 4.31 Å². The highest BCUT2D eigenvalue weighted by Gasteiger charge is 2.28. The molecule has 5 heteroatoms. The highest BCUT2D eigenvalue weighted by molar-refractivity contribution is 7.89. The molecule has 1 unspecified atom stereocenters. The average molecular weight is 260 g/mol. The van der Waals surface area contributed by atoms with Gasteiger partial charge in [-0.25, -0.2) is 8.42 Å². The Morgan fingerprint density at radius 3 is 2.56 bits per heavy atom. The van der Waals surface area contributed by atoms with Crippen LogP contribution in [-0.2, 0) is 10.0 Å². The van der Waals surface area contributed by atoms with E-state index < -0.39 is 10.0 Å². The van der Waals surface area contributed by atoms with Crippen LogP contribution in [-0.4, -0.2) is 31.2 Å². The summed E-state index contributed by atoms with van der Waals surface area (Å²) in [5.74, 6) is 0. The predicted molar refractivity (Wildman–Crippen MR) is 64.1 cm³/mol. The molecular formula is C11H14ClNO2S. The molecule has 2 rings (SSSR count). The maximum atomic E-state index is 12.2. The second-order valence-electron chi connectivity index (χ2n) is 3.92. The van der Waals surface area contributed by atoms with Gasteiger partial charge in [-0.3, -0.25) is 0 Å². The average Bonchev–Trinajstić information content (AvgIpc) is 2.30. The van der Waals surface area contributed by atoms with Gasteiger partial charge in [0.15, 0.2) is 0 Å². The van der Waals surface area contributed by atoms with Crippen molar-refractivity contribution in [3.05, 3.63) is 30.3 Å². The Morgan fingerprint density at radius 1 is 1.25 bits per heavy atom. The smallest absolute Gasteiger partial charge is 0.207 e. The monoisotopic (exact) mass is 259 g/mol. The maximum absolute atomic E-state index is 12.2. The van der Waals surface area contributed by atoms with Gasteiger partial charge in [0.1, 0.15) is 0 Å². The van der Waals surface area contributed by atoms with Crippen LogP contribution in [0.2, 0.25) is 0 Å². The van der Waals surface area contributed by atoms with Gasteiger partial charge in [-0.15, -0.1) is 11.6 Å². The van der Waals surface area contributed by atoms with Gasteiger partial charge in [0.05, 0.1) is 4.90 Å². The third-order valence-corrected chi connectivity index (χ3v) is 4.94. The molecule has 16 heavy (non-hydrogen) atoms. The molecule has 1 aliphatic heterocycles. The van der Waals surface area contributed by atoms with E-state index in [1.165, 1.54) is 4.31 Å². The highest BCUT2D eigenvalue weighted by atomic mass is 35.5. The van der Waals surface area contributed by atoms with Crippen LogP contribution >= 0.6 is 11.6 Å². The van der Waals surface area contributed by atoms with E-state index >= 15 is 0 Å². The molecule has 0 saturated carbocycles. The van der Waals surface area contributed by atoms with Crippen molar-refractivity contribution in [1.29, 1.82) is 0 Å². The van der Waals surface area contributed by atoms with E-state index in [-0.39, 0.29) is 5.38 Å². The first kappa shape index (κ1) is 11.9. The van der Waals surface area contributed by atoms with Crippen molar-refractivity contribution in [3.63, 3.8) is 0 Å². The molecule has 88 valence electrons. The number of rotatable bonds is 2. The third kappa shape index (κ3) is 2.39. The Kier molecular flexibility index (Phi) is 3.52. The van der Waals surface area contributed by atoms with Crippen LogP contribution in [0.1, 0.15) is 12.8 Å². The molecule has 1 aromatic carbocycles. The van der Waals surface area contributed by atoms with Gasteiger partial charge >= 0.3 is 0 Å². The minimum atomic E-state index is -3.35. The van der Waals surface area contributed by atoms with E-state index in [9.17, 15) is 8.42 Å². The van der Waals surface area contributed by atoms with Gasteiger partial charge in [-0.2, -0.15) is 4.31 Å². The summed E-state index contributed by atoms with van der Waals surface area (Å²) in [4.78, 5) is 0.348. The lowest BCUT2D eigenvalue weighted by Crippen LogP contribution is -2.40. The number of piperidine rings is 1. The Labute approximate surface area is 101 Å². The molecule has 0 radical (unpaired) electrons. The minimum absolute atomic E-state index is 0.0627. The molecule has 1 heterocycles. The Balaban J connectivity index is 2.26. The normalized spacial score (nSPS) is 23.2. The van der Waals surface area contributed by atoms with E-state index in [0.29, 0.717) is 18.0 Å².